The third kappa shape index (κ3) is 3.61. The number of hydrogen-bond donors (Lipinski definition) is 0. The van der Waals surface area contributed by atoms with Crippen LogP contribution in [0.2, 0.25) is 0 Å². The van der Waals surface area contributed by atoms with Gasteiger partial charge in [0.05, 0.1) is 0 Å². The van der Waals surface area contributed by atoms with Crippen LogP contribution in [0.1, 0.15) is 93.4 Å². The van der Waals surface area contributed by atoms with E-state index in [-0.39, 0.29) is 0 Å². The molecule has 4 aliphatic rings. The lowest BCUT2D eigenvalue weighted by Gasteiger charge is -2.54. The van der Waals surface area contributed by atoms with Gasteiger partial charge in [0, 0.05) is 22.7 Å². The molecule has 30 heavy (non-hydrogen) atoms. The van der Waals surface area contributed by atoms with E-state index in [0.29, 0.717) is 22.7 Å². The summed E-state index contributed by atoms with van der Waals surface area (Å²) in [4.78, 5) is 4.94. The average Bonchev–Trinajstić information content (AvgIpc) is 3.00. The lowest BCUT2D eigenvalue weighted by Crippen LogP contribution is -2.44. The molecule has 0 aromatic heterocycles. The quantitative estimate of drug-likeness (QED) is 0.327. The molecule has 0 amide bonds. The van der Waals surface area contributed by atoms with Crippen LogP contribution in [0.4, 0.5) is 0 Å². The van der Waals surface area contributed by atoms with Gasteiger partial charge in [-0.3, -0.25) is 4.99 Å². The van der Waals surface area contributed by atoms with Gasteiger partial charge in [-0.25, -0.2) is 0 Å². The normalized spacial score (nSPS) is 40.2. The second kappa shape index (κ2) is 8.64. The number of nitrogens with zero attached hydrogens (tertiary/aromatic N) is 1. The summed E-state index contributed by atoms with van der Waals surface area (Å²) in [6.45, 7) is 24.6. The van der Waals surface area contributed by atoms with E-state index >= 15 is 0 Å². The Morgan fingerprint density at radius 2 is 1.93 bits per heavy atom. The summed E-state index contributed by atoms with van der Waals surface area (Å²) in [6, 6.07) is 0. The largest absolute Gasteiger partial charge is 0.263 e. The third-order valence-electron chi connectivity index (χ3n) is 9.00. The average molecular weight is 408 g/mol. The summed E-state index contributed by atoms with van der Waals surface area (Å²) < 4.78 is 0. The molecule has 4 aliphatic carbocycles. The molecule has 2 fully saturated rings. The minimum absolute atomic E-state index is 0.292. The second-order valence-electron chi connectivity index (χ2n) is 10.7. The van der Waals surface area contributed by atoms with Crippen molar-refractivity contribution in [2.24, 2.45) is 39.5 Å². The maximum Gasteiger partial charge on any atom is 0.0370 e. The van der Waals surface area contributed by atoms with Gasteiger partial charge in [0.25, 0.3) is 0 Å². The molecule has 0 heterocycles. The molecule has 2 saturated carbocycles. The van der Waals surface area contributed by atoms with Crippen molar-refractivity contribution in [3.8, 4) is 0 Å². The zero-order valence-corrected chi connectivity index (χ0v) is 20.8. The monoisotopic (exact) mass is 407 g/mol. The predicted molar refractivity (Wildman–Crippen MR) is 133 cm³/mol. The van der Waals surface area contributed by atoms with Crippen LogP contribution in [-0.2, 0) is 0 Å². The first-order valence-electron chi connectivity index (χ1n) is 12.5. The van der Waals surface area contributed by atoms with E-state index in [9.17, 15) is 0 Å². The molecule has 0 aliphatic heterocycles. The maximum atomic E-state index is 4.94. The van der Waals surface area contributed by atoms with E-state index in [1.807, 2.05) is 13.8 Å². The fourth-order valence-corrected chi connectivity index (χ4v) is 7.42. The molecule has 166 valence electrons. The van der Waals surface area contributed by atoms with E-state index in [1.165, 1.54) is 43.4 Å². The van der Waals surface area contributed by atoms with Crippen LogP contribution in [0.5, 0.6) is 0 Å². The third-order valence-corrected chi connectivity index (χ3v) is 9.00. The highest BCUT2D eigenvalue weighted by Crippen LogP contribution is 2.66. The molecular weight excluding hydrogens is 362 g/mol. The molecule has 0 bridgehead atoms. The summed E-state index contributed by atoms with van der Waals surface area (Å²) in [5, 5.41) is 0. The summed E-state index contributed by atoms with van der Waals surface area (Å²) in [7, 11) is 0. The van der Waals surface area contributed by atoms with Gasteiger partial charge in [-0.2, -0.15) is 0 Å². The highest BCUT2D eigenvalue weighted by Gasteiger charge is 2.58. The maximum absolute atomic E-state index is 4.94. The van der Waals surface area contributed by atoms with Gasteiger partial charge in [0.2, 0.25) is 0 Å². The van der Waals surface area contributed by atoms with Crippen molar-refractivity contribution in [2.75, 3.05) is 0 Å². The fraction of sp³-hybridized carbons (Fsp3) is 0.690. The molecule has 6 unspecified atom stereocenters. The fourth-order valence-electron chi connectivity index (χ4n) is 7.42. The molecule has 1 heteroatoms. The Morgan fingerprint density at radius 3 is 2.60 bits per heavy atom. The van der Waals surface area contributed by atoms with Crippen LogP contribution in [0.3, 0.4) is 0 Å². The number of rotatable bonds is 3. The van der Waals surface area contributed by atoms with Crippen molar-refractivity contribution >= 4 is 5.71 Å². The Bertz CT molecular complexity index is 793. The zero-order valence-electron chi connectivity index (χ0n) is 20.8. The molecule has 6 atom stereocenters. The number of fused-ring (bicyclic) bond motifs is 5. The van der Waals surface area contributed by atoms with Crippen LogP contribution in [-0.4, -0.2) is 5.71 Å². The Balaban J connectivity index is 0.00000124. The number of allylic oxidation sites excluding steroid dienone is 6. The van der Waals surface area contributed by atoms with Gasteiger partial charge < -0.3 is 0 Å². The summed E-state index contributed by atoms with van der Waals surface area (Å²) in [5.74, 6) is 2.74. The Hall–Kier alpha value is -1.37. The lowest BCUT2D eigenvalue weighted by atomic mass is 9.51. The first-order chi connectivity index (χ1) is 14.2. The zero-order chi connectivity index (χ0) is 22.3. The number of aliphatic imine (C=N–C) groups is 1. The topological polar surface area (TPSA) is 12.4 Å². The second-order valence-corrected chi connectivity index (χ2v) is 10.7. The Morgan fingerprint density at radius 1 is 1.23 bits per heavy atom. The van der Waals surface area contributed by atoms with E-state index in [4.69, 9.17) is 4.99 Å². The van der Waals surface area contributed by atoms with E-state index < -0.39 is 0 Å². The van der Waals surface area contributed by atoms with Gasteiger partial charge in [-0.05, 0) is 75.0 Å². The highest BCUT2D eigenvalue weighted by atomic mass is 14.8. The molecule has 0 N–H and O–H groups in total. The van der Waals surface area contributed by atoms with Crippen molar-refractivity contribution in [1.82, 2.24) is 0 Å². The summed E-state index contributed by atoms with van der Waals surface area (Å²) in [6.07, 6.45) is 13.6. The SMILES string of the molecule is C=C1C=C2CCC3C(=CCC4(C)C3CC(C)C4C(=C)N=C(C)CC)C2(C)CC1.CC. The predicted octanol–water partition coefficient (Wildman–Crippen LogP) is 8.70. The van der Waals surface area contributed by atoms with Crippen LogP contribution >= 0.6 is 0 Å². The summed E-state index contributed by atoms with van der Waals surface area (Å²) in [5.41, 5.74) is 7.74. The molecule has 0 aromatic carbocycles. The van der Waals surface area contributed by atoms with Crippen molar-refractivity contribution in [1.29, 1.82) is 0 Å². The van der Waals surface area contributed by atoms with E-state index in [1.54, 1.807) is 11.1 Å². The molecule has 0 saturated heterocycles. The smallest absolute Gasteiger partial charge is 0.0370 e. The van der Waals surface area contributed by atoms with Crippen molar-refractivity contribution in [2.45, 2.75) is 93.4 Å². The molecule has 0 spiro atoms. The van der Waals surface area contributed by atoms with Gasteiger partial charge in [-0.15, -0.1) is 0 Å². The lowest BCUT2D eigenvalue weighted by molar-refractivity contribution is 0.0948. The van der Waals surface area contributed by atoms with Gasteiger partial charge in [-0.1, -0.05) is 83.6 Å². The first-order valence-corrected chi connectivity index (χ1v) is 12.5. The molecule has 1 nitrogen and oxygen atoms in total. The van der Waals surface area contributed by atoms with Crippen molar-refractivity contribution in [3.05, 3.63) is 47.7 Å². The summed E-state index contributed by atoms with van der Waals surface area (Å²) >= 11 is 0. The molecule has 0 aromatic rings. The van der Waals surface area contributed by atoms with Gasteiger partial charge in [0.1, 0.15) is 0 Å². The minimum atomic E-state index is 0.292. The minimum Gasteiger partial charge on any atom is -0.263 e. The van der Waals surface area contributed by atoms with Gasteiger partial charge in [0.15, 0.2) is 0 Å². The van der Waals surface area contributed by atoms with Crippen LogP contribution < -0.4 is 0 Å². The van der Waals surface area contributed by atoms with Crippen molar-refractivity contribution in [3.63, 3.8) is 0 Å². The van der Waals surface area contributed by atoms with Crippen LogP contribution in [0, 0.1) is 34.5 Å². The molecular formula is C29H45N. The van der Waals surface area contributed by atoms with Crippen LogP contribution in [0.15, 0.2) is 52.7 Å². The molecule has 4 rings (SSSR count). The Labute approximate surface area is 186 Å². The first kappa shape index (κ1) is 23.3. The standard InChI is InChI=1S/C27H39N.C2H6/c1-8-19(4)28-20(5)25-18(3)16-24-22-10-9-21-15-17(2)11-13-26(21,6)23(22)12-14-27(24,25)7;1-2/h12,15,18,22,24-25H,2,5,8-11,13-14,16H2,1,3-4,6-7H3;1-2H3. The van der Waals surface area contributed by atoms with Gasteiger partial charge >= 0.3 is 0 Å². The molecule has 0 radical (unpaired) electrons. The highest BCUT2D eigenvalue weighted by molar-refractivity contribution is 5.82. The van der Waals surface area contributed by atoms with Crippen LogP contribution in [0.25, 0.3) is 0 Å². The van der Waals surface area contributed by atoms with E-state index in [0.717, 1.165) is 30.4 Å². The number of hydrogen-bond acceptors (Lipinski definition) is 1. The Kier molecular flexibility index (Phi) is 6.71. The van der Waals surface area contributed by atoms with Crippen molar-refractivity contribution < 1.29 is 0 Å². The van der Waals surface area contributed by atoms with E-state index in [2.05, 4.69) is 59.9 Å².